The van der Waals surface area contributed by atoms with E-state index in [1.54, 1.807) is 24.3 Å². The van der Waals surface area contributed by atoms with E-state index in [2.05, 4.69) is 26.2 Å². The maximum absolute atomic E-state index is 13.1. The van der Waals surface area contributed by atoms with Crippen LogP contribution >= 0.6 is 0 Å². The lowest BCUT2D eigenvalue weighted by Gasteiger charge is -2.26. The van der Waals surface area contributed by atoms with Crippen molar-refractivity contribution in [1.82, 2.24) is 9.13 Å². The summed E-state index contributed by atoms with van der Waals surface area (Å²) < 4.78 is 13.5. The monoisotopic (exact) mass is 433 g/mol. The average Bonchev–Trinajstić information content (AvgIpc) is 2.70. The summed E-state index contributed by atoms with van der Waals surface area (Å²) in [5, 5.41) is 0.407. The summed E-state index contributed by atoms with van der Waals surface area (Å²) in [5.74, 6) is -0.601. The third kappa shape index (κ3) is 5.56. The normalized spacial score (nSPS) is 13.8. The van der Waals surface area contributed by atoms with E-state index in [4.69, 9.17) is 15.2 Å². The Bertz CT molecular complexity index is 1020. The fourth-order valence-corrected chi connectivity index (χ4v) is 3.34. The fourth-order valence-electron chi connectivity index (χ4n) is 2.76. The number of ether oxygens (including phenoxy) is 2. The highest BCUT2D eigenvalue weighted by Gasteiger charge is 2.24. The van der Waals surface area contributed by atoms with Gasteiger partial charge < -0.3 is 15.2 Å². The number of nitrogens with zero attached hydrogens (tertiary/aromatic N) is 2. The van der Waals surface area contributed by atoms with Crippen LogP contribution in [0.3, 0.4) is 0 Å². The molecule has 0 radical (unpaired) electrons. The van der Waals surface area contributed by atoms with Crippen molar-refractivity contribution >= 4 is 24.9 Å². The van der Waals surface area contributed by atoms with Crippen molar-refractivity contribution in [2.75, 3.05) is 6.61 Å². The number of rotatable bonds is 10. The van der Waals surface area contributed by atoms with Gasteiger partial charge in [0.25, 0.3) is 5.56 Å². The van der Waals surface area contributed by atoms with Crippen LogP contribution in [0.5, 0.6) is 0 Å². The summed E-state index contributed by atoms with van der Waals surface area (Å²) in [6, 6.07) is 5.97. The molecule has 30 heavy (non-hydrogen) atoms. The zero-order chi connectivity index (χ0) is 22.5. The molecule has 2 unspecified atom stereocenters. The molecule has 2 N–H and O–H groups in total. The van der Waals surface area contributed by atoms with Crippen molar-refractivity contribution in [3.8, 4) is 0 Å². The smallest absolute Gasteiger partial charge is 0.333 e. The van der Waals surface area contributed by atoms with Crippen LogP contribution in [0, 0.1) is 0 Å². The van der Waals surface area contributed by atoms with Gasteiger partial charge in [0.1, 0.15) is 19.4 Å². The van der Waals surface area contributed by atoms with Gasteiger partial charge in [0, 0.05) is 12.3 Å². The molecule has 8 nitrogen and oxygen atoms in total. The van der Waals surface area contributed by atoms with Crippen molar-refractivity contribution in [3.05, 3.63) is 57.8 Å². The Kier molecular flexibility index (Phi) is 7.94. The number of benzene rings is 1. The number of nitrogens with two attached hydrogens (primary N) is 1. The Labute approximate surface area is 176 Å². The van der Waals surface area contributed by atoms with Gasteiger partial charge in [-0.2, -0.15) is 0 Å². The topological polar surface area (TPSA) is 106 Å². The molecule has 0 aliphatic heterocycles. The van der Waals surface area contributed by atoms with Crippen LogP contribution in [0.15, 0.2) is 46.5 Å². The minimum atomic E-state index is -1.56. The minimum Gasteiger partial charge on any atom is -0.460 e. The molecule has 2 atom stereocenters. The third-order valence-electron chi connectivity index (χ3n) is 5.12. The fraction of sp³-hybridized carbons (Fsp3) is 0.476. The molecule has 0 saturated carbocycles. The van der Waals surface area contributed by atoms with Crippen LogP contribution in [-0.2, 0) is 27.5 Å². The zero-order valence-electron chi connectivity index (χ0n) is 18.1. The van der Waals surface area contributed by atoms with Gasteiger partial charge in [0.05, 0.1) is 19.0 Å². The first-order valence-corrected chi connectivity index (χ1v) is 13.5. The van der Waals surface area contributed by atoms with Gasteiger partial charge in [-0.25, -0.2) is 4.79 Å². The van der Waals surface area contributed by atoms with Crippen molar-refractivity contribution in [2.45, 2.75) is 58.0 Å². The summed E-state index contributed by atoms with van der Waals surface area (Å²) in [5.41, 5.74) is 5.48. The molecule has 2 aromatic rings. The number of fused-ring (bicyclic) bond motifs is 1. The lowest BCUT2D eigenvalue weighted by molar-refractivity contribution is -0.144. The van der Waals surface area contributed by atoms with Crippen LogP contribution < -0.4 is 17.0 Å². The van der Waals surface area contributed by atoms with Crippen molar-refractivity contribution < 1.29 is 14.3 Å². The van der Waals surface area contributed by atoms with Gasteiger partial charge in [0.15, 0.2) is 0 Å². The summed E-state index contributed by atoms with van der Waals surface area (Å²) in [6.07, 6.45) is 1.54. The van der Waals surface area contributed by atoms with Gasteiger partial charge in [-0.05, 0) is 25.5 Å². The Hall–Kier alpha value is -2.49. The molecular weight excluding hydrogens is 402 g/mol. The minimum absolute atomic E-state index is 0.00354. The van der Waals surface area contributed by atoms with Gasteiger partial charge >= 0.3 is 11.7 Å². The van der Waals surface area contributed by atoms with Gasteiger partial charge in [-0.15, -0.1) is 0 Å². The number of esters is 1. The molecule has 0 saturated heterocycles. The van der Waals surface area contributed by atoms with Gasteiger partial charge in [-0.3, -0.25) is 18.7 Å². The van der Waals surface area contributed by atoms with Crippen LogP contribution in [0.1, 0.15) is 13.3 Å². The lowest BCUT2D eigenvalue weighted by Crippen LogP contribution is -2.44. The maximum atomic E-state index is 13.1. The molecule has 164 valence electrons. The first-order chi connectivity index (χ1) is 14.1. The largest absolute Gasteiger partial charge is 0.460 e. The van der Waals surface area contributed by atoms with Gasteiger partial charge in [0.2, 0.25) is 0 Å². The molecule has 9 heteroatoms. The highest BCUT2D eigenvalue weighted by molar-refractivity contribution is 6.77. The quantitative estimate of drug-likeness (QED) is 0.348. The Morgan fingerprint density at radius 2 is 1.90 bits per heavy atom. The van der Waals surface area contributed by atoms with E-state index in [1.165, 1.54) is 10.6 Å². The van der Waals surface area contributed by atoms with Crippen LogP contribution in [0.2, 0.25) is 19.6 Å². The van der Waals surface area contributed by atoms with Gasteiger partial charge in [-0.1, -0.05) is 44.4 Å². The second-order valence-corrected chi connectivity index (χ2v) is 13.8. The van der Waals surface area contributed by atoms with Crippen LogP contribution in [0.25, 0.3) is 10.9 Å². The molecule has 1 aromatic carbocycles. The highest BCUT2D eigenvalue weighted by Crippen LogP contribution is 2.13. The summed E-state index contributed by atoms with van der Waals surface area (Å²) in [6.45, 7) is 12.1. The van der Waals surface area contributed by atoms with Crippen molar-refractivity contribution in [2.24, 2.45) is 5.73 Å². The summed E-state index contributed by atoms with van der Waals surface area (Å²) >= 11 is 0. The number of carbonyl (C=O) groups excluding carboxylic acids is 1. The molecular formula is C21H31N3O5Si. The highest BCUT2D eigenvalue weighted by atomic mass is 28.3. The lowest BCUT2D eigenvalue weighted by atomic mass is 10.2. The summed E-state index contributed by atoms with van der Waals surface area (Å²) in [7, 11) is -1.56. The van der Waals surface area contributed by atoms with Crippen LogP contribution in [0.4, 0.5) is 0 Å². The van der Waals surface area contributed by atoms with E-state index in [-0.39, 0.29) is 32.0 Å². The molecule has 0 bridgehead atoms. The first kappa shape index (κ1) is 23.8. The Morgan fingerprint density at radius 1 is 1.23 bits per heavy atom. The number of aromatic nitrogens is 2. The van der Waals surface area contributed by atoms with E-state index in [0.29, 0.717) is 10.9 Å². The molecule has 1 aromatic heterocycles. The number of hydrogen-bond acceptors (Lipinski definition) is 6. The Balaban J connectivity index is 2.36. The second-order valence-electron chi connectivity index (χ2n) is 8.30. The average molecular weight is 434 g/mol. The molecule has 0 aliphatic rings. The molecule has 0 fully saturated rings. The molecule has 2 rings (SSSR count). The predicted octanol–water partition coefficient (Wildman–Crippen LogP) is 1.85. The number of hydrogen-bond donors (Lipinski definition) is 1. The van der Waals surface area contributed by atoms with E-state index >= 15 is 0 Å². The third-order valence-corrected chi connectivity index (χ3v) is 7.72. The number of para-hydroxylation sites is 1. The molecule has 0 spiro atoms. The first-order valence-electron chi connectivity index (χ1n) is 9.95. The van der Waals surface area contributed by atoms with Crippen molar-refractivity contribution in [3.63, 3.8) is 0 Å². The Morgan fingerprint density at radius 3 is 2.53 bits per heavy atom. The van der Waals surface area contributed by atoms with E-state index < -0.39 is 31.3 Å². The van der Waals surface area contributed by atoms with E-state index in [1.807, 2.05) is 6.92 Å². The molecule has 1 heterocycles. The zero-order valence-corrected chi connectivity index (χ0v) is 19.1. The molecule has 0 amide bonds. The standard InChI is InChI=1S/C21H31N3O5Si/c1-6-13-28-20(26)17(22)11-12-23-19(25)16-9-7-8-10-18(16)24(21(23)27)14-29-15(2)30(3,4)5/h6-10,15,17H,1,11-14,22H2,2-5H3. The predicted molar refractivity (Wildman–Crippen MR) is 120 cm³/mol. The van der Waals surface area contributed by atoms with Crippen molar-refractivity contribution in [1.29, 1.82) is 0 Å². The molecule has 0 aliphatic carbocycles. The second kappa shape index (κ2) is 10.0. The SMILES string of the molecule is C=CCOC(=O)C(N)CCn1c(=O)c2ccccc2n(COC(C)[Si](C)(C)C)c1=O. The van der Waals surface area contributed by atoms with E-state index in [9.17, 15) is 14.4 Å². The van der Waals surface area contributed by atoms with E-state index in [0.717, 1.165) is 4.57 Å². The summed E-state index contributed by atoms with van der Waals surface area (Å²) in [4.78, 5) is 37.9. The maximum Gasteiger partial charge on any atom is 0.333 e. The number of carbonyl (C=O) groups is 1. The van der Waals surface area contributed by atoms with Crippen LogP contribution in [-0.4, -0.2) is 41.6 Å².